The normalized spacial score (nSPS) is 11.5. The Labute approximate surface area is 159 Å². The first-order valence-corrected chi connectivity index (χ1v) is 8.85. The number of hydrogen-bond donors (Lipinski definition) is 2. The molecule has 9 heteroatoms. The van der Waals surface area contributed by atoms with E-state index in [1.165, 1.54) is 23.9 Å². The highest BCUT2D eigenvalue weighted by atomic mass is 35.5. The van der Waals surface area contributed by atoms with E-state index in [1.54, 1.807) is 43.3 Å². The predicted molar refractivity (Wildman–Crippen MR) is 102 cm³/mol. The van der Waals surface area contributed by atoms with Gasteiger partial charge in [-0.25, -0.2) is 0 Å². The van der Waals surface area contributed by atoms with Crippen LogP contribution in [0.5, 0.6) is 0 Å². The number of nitrogens with zero attached hydrogens (tertiary/aromatic N) is 1. The van der Waals surface area contributed by atoms with Crippen LogP contribution in [0.2, 0.25) is 5.02 Å². The molecule has 7 nitrogen and oxygen atoms in total. The SMILES string of the molecule is CC(Sc1ccc([N+](=O)[O-])cc1)C(=O)NCC(=O)Nc1ccc(Cl)cc1. The molecule has 2 rings (SSSR count). The van der Waals surface area contributed by atoms with E-state index >= 15 is 0 Å². The molecule has 0 aliphatic heterocycles. The van der Waals surface area contributed by atoms with E-state index in [4.69, 9.17) is 11.6 Å². The van der Waals surface area contributed by atoms with Gasteiger partial charge < -0.3 is 10.6 Å². The molecular weight excluding hydrogens is 378 g/mol. The molecule has 0 spiro atoms. The number of nitro benzene ring substituents is 1. The van der Waals surface area contributed by atoms with Gasteiger partial charge in [0.2, 0.25) is 11.8 Å². The van der Waals surface area contributed by atoms with Crippen LogP contribution < -0.4 is 10.6 Å². The number of nitrogens with one attached hydrogen (secondary N) is 2. The summed E-state index contributed by atoms with van der Waals surface area (Å²) >= 11 is 7.02. The highest BCUT2D eigenvalue weighted by molar-refractivity contribution is 8.00. The third-order valence-corrected chi connectivity index (χ3v) is 4.64. The molecule has 0 aliphatic rings. The molecule has 0 radical (unpaired) electrons. The van der Waals surface area contributed by atoms with E-state index in [2.05, 4.69) is 10.6 Å². The monoisotopic (exact) mass is 393 g/mol. The second kappa shape index (κ2) is 9.21. The summed E-state index contributed by atoms with van der Waals surface area (Å²) in [6, 6.07) is 12.6. The zero-order valence-corrected chi connectivity index (χ0v) is 15.3. The quantitative estimate of drug-likeness (QED) is 0.426. The molecule has 0 saturated heterocycles. The zero-order chi connectivity index (χ0) is 19.1. The van der Waals surface area contributed by atoms with Crippen LogP contribution in [0.1, 0.15) is 6.92 Å². The van der Waals surface area contributed by atoms with Gasteiger partial charge in [0, 0.05) is 27.7 Å². The summed E-state index contributed by atoms with van der Waals surface area (Å²) in [7, 11) is 0. The summed E-state index contributed by atoms with van der Waals surface area (Å²) in [5, 5.41) is 15.9. The van der Waals surface area contributed by atoms with Gasteiger partial charge in [0.15, 0.2) is 0 Å². The number of amides is 2. The van der Waals surface area contributed by atoms with Crippen molar-refractivity contribution in [3.63, 3.8) is 0 Å². The molecule has 2 aromatic carbocycles. The molecule has 0 fully saturated rings. The number of anilines is 1. The predicted octanol–water partition coefficient (Wildman–Crippen LogP) is 3.48. The number of carbonyl (C=O) groups is 2. The van der Waals surface area contributed by atoms with Gasteiger partial charge in [-0.1, -0.05) is 11.6 Å². The van der Waals surface area contributed by atoms with Crippen molar-refractivity contribution in [2.24, 2.45) is 0 Å². The maximum absolute atomic E-state index is 12.1. The van der Waals surface area contributed by atoms with Crippen molar-refractivity contribution in [1.82, 2.24) is 5.32 Å². The van der Waals surface area contributed by atoms with Crippen molar-refractivity contribution < 1.29 is 14.5 Å². The fourth-order valence-electron chi connectivity index (χ4n) is 1.95. The van der Waals surface area contributed by atoms with Crippen LogP contribution in [0, 0.1) is 10.1 Å². The Morgan fingerprint density at radius 2 is 1.77 bits per heavy atom. The van der Waals surface area contributed by atoms with E-state index in [0.717, 1.165) is 4.90 Å². The Balaban J connectivity index is 1.79. The van der Waals surface area contributed by atoms with Gasteiger partial charge in [0.25, 0.3) is 5.69 Å². The molecule has 2 aromatic rings. The lowest BCUT2D eigenvalue weighted by molar-refractivity contribution is -0.384. The highest BCUT2D eigenvalue weighted by Crippen LogP contribution is 2.25. The molecule has 0 aliphatic carbocycles. The first-order valence-electron chi connectivity index (χ1n) is 7.59. The van der Waals surface area contributed by atoms with Crippen molar-refractivity contribution in [2.75, 3.05) is 11.9 Å². The second-order valence-corrected chi connectivity index (χ2v) is 7.13. The Kier molecular flexibility index (Phi) is 6.99. The van der Waals surface area contributed by atoms with Gasteiger partial charge in [-0.15, -0.1) is 11.8 Å². The van der Waals surface area contributed by atoms with Gasteiger partial charge in [0.05, 0.1) is 16.7 Å². The van der Waals surface area contributed by atoms with Crippen molar-refractivity contribution >= 4 is 46.6 Å². The average Bonchev–Trinajstić information content (AvgIpc) is 2.62. The standard InChI is InChI=1S/C17H16ClN3O4S/c1-11(26-15-8-6-14(7-9-15)21(24)25)17(23)19-10-16(22)20-13-4-2-12(18)3-5-13/h2-9,11H,10H2,1H3,(H,19,23)(H,20,22). The minimum absolute atomic E-state index is 0.00896. The first-order chi connectivity index (χ1) is 12.3. The van der Waals surface area contributed by atoms with E-state index < -0.39 is 10.2 Å². The summed E-state index contributed by atoms with van der Waals surface area (Å²) < 4.78 is 0. The van der Waals surface area contributed by atoms with Gasteiger partial charge >= 0.3 is 0 Å². The fourth-order valence-corrected chi connectivity index (χ4v) is 2.97. The molecule has 1 atom stereocenters. The van der Waals surface area contributed by atoms with Crippen molar-refractivity contribution in [3.05, 3.63) is 63.7 Å². The van der Waals surface area contributed by atoms with Gasteiger partial charge in [-0.3, -0.25) is 19.7 Å². The largest absolute Gasteiger partial charge is 0.346 e. The molecule has 0 saturated carbocycles. The highest BCUT2D eigenvalue weighted by Gasteiger charge is 2.16. The van der Waals surface area contributed by atoms with E-state index in [9.17, 15) is 19.7 Å². The number of nitro groups is 1. The Morgan fingerprint density at radius 3 is 2.35 bits per heavy atom. The molecule has 1 unspecified atom stereocenters. The number of carbonyl (C=O) groups excluding carboxylic acids is 2. The smallest absolute Gasteiger partial charge is 0.269 e. The van der Waals surface area contributed by atoms with E-state index in [0.29, 0.717) is 10.7 Å². The molecule has 2 N–H and O–H groups in total. The number of rotatable bonds is 7. The topological polar surface area (TPSA) is 101 Å². The van der Waals surface area contributed by atoms with Gasteiger partial charge in [0.1, 0.15) is 0 Å². The minimum Gasteiger partial charge on any atom is -0.346 e. The lowest BCUT2D eigenvalue weighted by Crippen LogP contribution is -2.37. The minimum atomic E-state index is -0.482. The van der Waals surface area contributed by atoms with E-state index in [-0.39, 0.29) is 24.0 Å². The van der Waals surface area contributed by atoms with Gasteiger partial charge in [-0.05, 0) is 43.3 Å². The number of non-ortho nitro benzene ring substituents is 1. The molecule has 0 bridgehead atoms. The maximum atomic E-state index is 12.1. The number of benzene rings is 2. The summed E-state index contributed by atoms with van der Waals surface area (Å²) in [4.78, 5) is 34.8. The summed E-state index contributed by atoms with van der Waals surface area (Å²) in [5.41, 5.74) is 0.576. The number of hydrogen-bond acceptors (Lipinski definition) is 5. The Hall–Kier alpha value is -2.58. The average molecular weight is 394 g/mol. The van der Waals surface area contributed by atoms with Gasteiger partial charge in [-0.2, -0.15) is 0 Å². The lowest BCUT2D eigenvalue weighted by Gasteiger charge is -2.12. The Bertz CT molecular complexity index is 797. The van der Waals surface area contributed by atoms with Crippen molar-refractivity contribution in [3.8, 4) is 0 Å². The van der Waals surface area contributed by atoms with E-state index in [1.807, 2.05) is 0 Å². The first kappa shape index (κ1) is 19.7. The molecule has 0 heterocycles. The molecular formula is C17H16ClN3O4S. The van der Waals surface area contributed by atoms with Crippen LogP contribution in [0.15, 0.2) is 53.4 Å². The third kappa shape index (κ3) is 6.05. The molecule has 136 valence electrons. The summed E-state index contributed by atoms with van der Waals surface area (Å²) in [6.45, 7) is 1.53. The van der Waals surface area contributed by atoms with Crippen molar-refractivity contribution in [2.45, 2.75) is 17.1 Å². The van der Waals surface area contributed by atoms with Crippen LogP contribution >= 0.6 is 23.4 Å². The van der Waals surface area contributed by atoms with Crippen molar-refractivity contribution in [1.29, 1.82) is 0 Å². The zero-order valence-electron chi connectivity index (χ0n) is 13.8. The second-order valence-electron chi connectivity index (χ2n) is 5.28. The number of thioether (sulfide) groups is 1. The molecule has 26 heavy (non-hydrogen) atoms. The summed E-state index contributed by atoms with van der Waals surface area (Å²) in [6.07, 6.45) is 0. The fraction of sp³-hybridized carbons (Fsp3) is 0.176. The maximum Gasteiger partial charge on any atom is 0.269 e. The summed E-state index contributed by atoms with van der Waals surface area (Å²) in [5.74, 6) is -0.659. The van der Waals surface area contributed by atoms with Crippen LogP contribution in [0.4, 0.5) is 11.4 Å². The molecule has 2 amide bonds. The van der Waals surface area contributed by atoms with Crippen LogP contribution in [0.3, 0.4) is 0 Å². The van der Waals surface area contributed by atoms with Crippen LogP contribution in [-0.2, 0) is 9.59 Å². The van der Waals surface area contributed by atoms with Crippen LogP contribution in [0.25, 0.3) is 0 Å². The Morgan fingerprint density at radius 1 is 1.15 bits per heavy atom. The lowest BCUT2D eigenvalue weighted by atomic mass is 10.3. The third-order valence-electron chi connectivity index (χ3n) is 3.28. The molecule has 0 aromatic heterocycles. The van der Waals surface area contributed by atoms with Crippen LogP contribution in [-0.4, -0.2) is 28.5 Å². The number of halogens is 1.